The SMILES string of the molecule is CCn1cncc1CN1CCc2ccccc2C1=O. The summed E-state index contributed by atoms with van der Waals surface area (Å²) in [7, 11) is 0. The van der Waals surface area contributed by atoms with Gasteiger partial charge in [0.25, 0.3) is 5.91 Å². The molecule has 1 amide bonds. The first-order valence-corrected chi connectivity index (χ1v) is 6.65. The Morgan fingerprint density at radius 3 is 3.00 bits per heavy atom. The molecule has 1 aromatic heterocycles. The zero-order valence-electron chi connectivity index (χ0n) is 11.0. The van der Waals surface area contributed by atoms with Gasteiger partial charge >= 0.3 is 0 Å². The molecule has 0 aliphatic carbocycles. The van der Waals surface area contributed by atoms with E-state index in [1.807, 2.05) is 41.7 Å². The summed E-state index contributed by atoms with van der Waals surface area (Å²) in [5.41, 5.74) is 3.10. The van der Waals surface area contributed by atoms with E-state index in [4.69, 9.17) is 0 Å². The van der Waals surface area contributed by atoms with E-state index in [0.29, 0.717) is 6.54 Å². The van der Waals surface area contributed by atoms with Gasteiger partial charge in [-0.05, 0) is 25.0 Å². The van der Waals surface area contributed by atoms with Gasteiger partial charge in [0.05, 0.1) is 18.6 Å². The van der Waals surface area contributed by atoms with Gasteiger partial charge in [-0.3, -0.25) is 4.79 Å². The molecule has 1 aliphatic heterocycles. The maximum Gasteiger partial charge on any atom is 0.254 e. The fourth-order valence-corrected chi connectivity index (χ4v) is 2.59. The standard InChI is InChI=1S/C15H17N3O/c1-2-17-11-16-9-13(17)10-18-8-7-12-5-3-4-6-14(12)15(18)19/h3-6,9,11H,2,7-8,10H2,1H3. The summed E-state index contributed by atoms with van der Waals surface area (Å²) in [4.78, 5) is 18.5. The van der Waals surface area contributed by atoms with E-state index in [-0.39, 0.29) is 5.91 Å². The number of carbonyl (C=O) groups excluding carboxylic acids is 1. The van der Waals surface area contributed by atoms with Gasteiger partial charge in [-0.2, -0.15) is 0 Å². The summed E-state index contributed by atoms with van der Waals surface area (Å²) >= 11 is 0. The minimum atomic E-state index is 0.130. The molecule has 4 nitrogen and oxygen atoms in total. The summed E-state index contributed by atoms with van der Waals surface area (Å²) in [5, 5.41) is 0. The number of rotatable bonds is 3. The topological polar surface area (TPSA) is 38.1 Å². The highest BCUT2D eigenvalue weighted by Gasteiger charge is 2.24. The van der Waals surface area contributed by atoms with Crippen molar-refractivity contribution in [3.05, 3.63) is 53.6 Å². The second kappa shape index (κ2) is 4.88. The van der Waals surface area contributed by atoms with E-state index in [1.165, 1.54) is 0 Å². The number of fused-ring (bicyclic) bond motifs is 1. The van der Waals surface area contributed by atoms with Crippen LogP contribution in [0.5, 0.6) is 0 Å². The summed E-state index contributed by atoms with van der Waals surface area (Å²) in [6, 6.07) is 7.88. The maximum absolute atomic E-state index is 12.4. The lowest BCUT2D eigenvalue weighted by Gasteiger charge is -2.28. The molecule has 3 rings (SSSR count). The van der Waals surface area contributed by atoms with Crippen molar-refractivity contribution in [3.8, 4) is 0 Å². The number of hydrogen-bond acceptors (Lipinski definition) is 2. The van der Waals surface area contributed by atoms with Crippen molar-refractivity contribution in [1.29, 1.82) is 0 Å². The summed E-state index contributed by atoms with van der Waals surface area (Å²) in [6.45, 7) is 4.39. The zero-order valence-corrected chi connectivity index (χ0v) is 11.0. The highest BCUT2D eigenvalue weighted by atomic mass is 16.2. The third-order valence-corrected chi connectivity index (χ3v) is 3.68. The molecule has 19 heavy (non-hydrogen) atoms. The quantitative estimate of drug-likeness (QED) is 0.842. The van der Waals surface area contributed by atoms with Crippen LogP contribution in [0.25, 0.3) is 0 Å². The molecule has 4 heteroatoms. The lowest BCUT2D eigenvalue weighted by Crippen LogP contribution is -2.37. The molecule has 2 aromatic rings. The second-order valence-corrected chi connectivity index (χ2v) is 4.80. The molecule has 0 saturated heterocycles. The number of amides is 1. The first-order valence-electron chi connectivity index (χ1n) is 6.65. The predicted molar refractivity (Wildman–Crippen MR) is 72.8 cm³/mol. The normalized spacial score (nSPS) is 14.6. The molecule has 1 aliphatic rings. The minimum Gasteiger partial charge on any atom is -0.333 e. The number of nitrogens with zero attached hydrogens (tertiary/aromatic N) is 3. The average Bonchev–Trinajstić information content (AvgIpc) is 2.89. The lowest BCUT2D eigenvalue weighted by molar-refractivity contribution is 0.0723. The maximum atomic E-state index is 12.4. The van der Waals surface area contributed by atoms with Crippen molar-refractivity contribution in [2.75, 3.05) is 6.54 Å². The minimum absolute atomic E-state index is 0.130. The van der Waals surface area contributed by atoms with Gasteiger partial charge in [0.15, 0.2) is 0 Å². The summed E-state index contributed by atoms with van der Waals surface area (Å²) in [5.74, 6) is 0.130. The van der Waals surface area contributed by atoms with Crippen molar-refractivity contribution in [3.63, 3.8) is 0 Å². The van der Waals surface area contributed by atoms with Crippen molar-refractivity contribution >= 4 is 5.91 Å². The van der Waals surface area contributed by atoms with Crippen LogP contribution in [0.2, 0.25) is 0 Å². The van der Waals surface area contributed by atoms with E-state index in [2.05, 4.69) is 16.5 Å². The number of imidazole rings is 1. The smallest absolute Gasteiger partial charge is 0.254 e. The van der Waals surface area contributed by atoms with Crippen LogP contribution in [-0.2, 0) is 19.5 Å². The molecular weight excluding hydrogens is 238 g/mol. The zero-order chi connectivity index (χ0) is 13.2. The van der Waals surface area contributed by atoms with Gasteiger partial charge in [-0.1, -0.05) is 18.2 Å². The molecular formula is C15H17N3O. The molecule has 0 spiro atoms. The van der Waals surface area contributed by atoms with Crippen LogP contribution in [0.15, 0.2) is 36.8 Å². The van der Waals surface area contributed by atoms with Crippen LogP contribution in [-0.4, -0.2) is 26.9 Å². The van der Waals surface area contributed by atoms with E-state index in [0.717, 1.165) is 36.3 Å². The van der Waals surface area contributed by atoms with Crippen LogP contribution < -0.4 is 0 Å². The molecule has 0 atom stereocenters. The lowest BCUT2D eigenvalue weighted by atomic mass is 9.99. The Kier molecular flexibility index (Phi) is 3.07. The Morgan fingerprint density at radius 1 is 1.32 bits per heavy atom. The molecule has 0 N–H and O–H groups in total. The third kappa shape index (κ3) is 2.14. The van der Waals surface area contributed by atoms with Crippen molar-refractivity contribution in [2.24, 2.45) is 0 Å². The molecule has 0 radical (unpaired) electrons. The van der Waals surface area contributed by atoms with Crippen molar-refractivity contribution < 1.29 is 4.79 Å². The van der Waals surface area contributed by atoms with Gasteiger partial charge in [0.2, 0.25) is 0 Å². The molecule has 1 aromatic carbocycles. The van der Waals surface area contributed by atoms with E-state index >= 15 is 0 Å². The fraction of sp³-hybridized carbons (Fsp3) is 0.333. The van der Waals surface area contributed by atoms with Crippen LogP contribution in [0.4, 0.5) is 0 Å². The van der Waals surface area contributed by atoms with Crippen LogP contribution in [0, 0.1) is 0 Å². The number of hydrogen-bond donors (Lipinski definition) is 0. The van der Waals surface area contributed by atoms with Gasteiger partial charge in [-0.25, -0.2) is 4.98 Å². The number of benzene rings is 1. The van der Waals surface area contributed by atoms with Gasteiger partial charge < -0.3 is 9.47 Å². The second-order valence-electron chi connectivity index (χ2n) is 4.80. The number of aromatic nitrogens is 2. The van der Waals surface area contributed by atoms with Crippen LogP contribution >= 0.6 is 0 Å². The highest BCUT2D eigenvalue weighted by molar-refractivity contribution is 5.96. The predicted octanol–water partition coefficient (Wildman–Crippen LogP) is 2.10. The molecule has 0 saturated carbocycles. The van der Waals surface area contributed by atoms with Gasteiger partial charge in [0.1, 0.15) is 0 Å². The van der Waals surface area contributed by atoms with Crippen molar-refractivity contribution in [1.82, 2.24) is 14.5 Å². The van der Waals surface area contributed by atoms with Gasteiger partial charge in [-0.15, -0.1) is 0 Å². The van der Waals surface area contributed by atoms with Crippen LogP contribution in [0.1, 0.15) is 28.5 Å². The summed E-state index contributed by atoms with van der Waals surface area (Å²) < 4.78 is 2.08. The average molecular weight is 255 g/mol. The van der Waals surface area contributed by atoms with E-state index in [9.17, 15) is 4.79 Å². The van der Waals surface area contributed by atoms with E-state index in [1.54, 1.807) is 0 Å². The first kappa shape index (κ1) is 12.0. The van der Waals surface area contributed by atoms with E-state index < -0.39 is 0 Å². The van der Waals surface area contributed by atoms with Crippen LogP contribution in [0.3, 0.4) is 0 Å². The molecule has 2 heterocycles. The third-order valence-electron chi connectivity index (χ3n) is 3.68. The monoisotopic (exact) mass is 255 g/mol. The first-order chi connectivity index (χ1) is 9.29. The Morgan fingerprint density at radius 2 is 2.16 bits per heavy atom. The highest BCUT2D eigenvalue weighted by Crippen LogP contribution is 2.20. The Hall–Kier alpha value is -2.10. The molecule has 98 valence electrons. The Bertz CT molecular complexity index is 603. The number of carbonyl (C=O) groups is 1. The number of aryl methyl sites for hydroxylation is 1. The molecule has 0 fully saturated rings. The van der Waals surface area contributed by atoms with Crippen molar-refractivity contribution in [2.45, 2.75) is 26.4 Å². The Balaban J connectivity index is 1.83. The largest absolute Gasteiger partial charge is 0.333 e. The molecule has 0 unspecified atom stereocenters. The van der Waals surface area contributed by atoms with Gasteiger partial charge in [0, 0.05) is 24.8 Å². The summed E-state index contributed by atoms with van der Waals surface area (Å²) in [6.07, 6.45) is 4.59. The fourth-order valence-electron chi connectivity index (χ4n) is 2.59. The molecule has 0 bridgehead atoms. The Labute approximate surface area is 112 Å².